The molecule has 0 unspecified atom stereocenters. The molecule has 0 atom stereocenters. The third kappa shape index (κ3) is 3.09. The molecule has 1 N–H and O–H groups in total. The fraction of sp³-hybridized carbons (Fsp3) is 1.00. The molecule has 0 saturated carbocycles. The van der Waals surface area contributed by atoms with E-state index in [1.54, 1.807) is 7.11 Å². The maximum atomic E-state index is 5.75. The molecule has 0 spiro atoms. The Kier molecular flexibility index (Phi) is 3.98. The molecule has 0 amide bonds. The second-order valence-corrected chi connectivity index (χ2v) is 3.54. The molecular formula is C9H19NO2. The smallest absolute Gasteiger partial charge is 0.0707 e. The molecule has 0 aliphatic carbocycles. The highest BCUT2D eigenvalue weighted by molar-refractivity contribution is 4.81. The van der Waals surface area contributed by atoms with E-state index in [-0.39, 0.29) is 5.60 Å². The molecule has 72 valence electrons. The Morgan fingerprint density at radius 2 is 1.92 bits per heavy atom. The van der Waals surface area contributed by atoms with Gasteiger partial charge in [-0.2, -0.15) is 0 Å². The minimum Gasteiger partial charge on any atom is -0.382 e. The molecule has 1 heterocycles. The highest BCUT2D eigenvalue weighted by Crippen LogP contribution is 2.21. The van der Waals surface area contributed by atoms with Gasteiger partial charge >= 0.3 is 0 Å². The lowest BCUT2D eigenvalue weighted by atomic mass is 9.95. The molecule has 12 heavy (non-hydrogen) atoms. The normalized spacial score (nSPS) is 22.5. The van der Waals surface area contributed by atoms with Crippen LogP contribution in [0.4, 0.5) is 0 Å². The highest BCUT2D eigenvalue weighted by atomic mass is 16.5. The quantitative estimate of drug-likeness (QED) is 0.638. The lowest BCUT2D eigenvalue weighted by Gasteiger charge is -2.33. The number of hydrogen-bond donors (Lipinski definition) is 1. The molecule has 1 rings (SSSR count). The lowest BCUT2D eigenvalue weighted by molar-refractivity contribution is -0.0675. The molecule has 0 aromatic rings. The van der Waals surface area contributed by atoms with E-state index in [4.69, 9.17) is 9.47 Å². The molecule has 1 fully saturated rings. The molecule has 1 aliphatic rings. The van der Waals surface area contributed by atoms with Crippen LogP contribution in [0.3, 0.4) is 0 Å². The van der Waals surface area contributed by atoms with Crippen LogP contribution in [0.5, 0.6) is 0 Å². The monoisotopic (exact) mass is 173 g/mol. The molecule has 1 aliphatic heterocycles. The zero-order chi connectivity index (χ0) is 8.86. The highest BCUT2D eigenvalue weighted by Gasteiger charge is 2.26. The van der Waals surface area contributed by atoms with Crippen LogP contribution in [0.1, 0.15) is 19.8 Å². The third-order valence-electron chi connectivity index (χ3n) is 2.40. The molecular weight excluding hydrogens is 154 g/mol. The Morgan fingerprint density at radius 1 is 1.25 bits per heavy atom. The first-order chi connectivity index (χ1) is 5.77. The SMILES string of the molecule is COCCOC1(C)CCNCC1. The van der Waals surface area contributed by atoms with Crippen molar-refractivity contribution in [3.8, 4) is 0 Å². The maximum absolute atomic E-state index is 5.75. The molecule has 0 radical (unpaired) electrons. The van der Waals surface area contributed by atoms with Crippen LogP contribution in [-0.2, 0) is 9.47 Å². The van der Waals surface area contributed by atoms with E-state index in [0.29, 0.717) is 13.2 Å². The summed E-state index contributed by atoms with van der Waals surface area (Å²) in [6.07, 6.45) is 2.22. The van der Waals surface area contributed by atoms with E-state index in [1.807, 2.05) is 0 Å². The number of piperidine rings is 1. The minimum atomic E-state index is 0.0871. The molecule has 3 nitrogen and oxygen atoms in total. The van der Waals surface area contributed by atoms with Gasteiger partial charge in [-0.1, -0.05) is 0 Å². The van der Waals surface area contributed by atoms with Gasteiger partial charge in [0, 0.05) is 7.11 Å². The van der Waals surface area contributed by atoms with Gasteiger partial charge in [-0.05, 0) is 32.9 Å². The molecule has 0 aromatic carbocycles. The van der Waals surface area contributed by atoms with Crippen LogP contribution in [0.15, 0.2) is 0 Å². The van der Waals surface area contributed by atoms with Crippen molar-refractivity contribution in [1.29, 1.82) is 0 Å². The standard InChI is InChI=1S/C9H19NO2/c1-9(12-8-7-11-2)3-5-10-6-4-9/h10H,3-8H2,1-2H3. The van der Waals surface area contributed by atoms with Gasteiger partial charge in [-0.15, -0.1) is 0 Å². The van der Waals surface area contributed by atoms with Gasteiger partial charge in [-0.25, -0.2) is 0 Å². The van der Waals surface area contributed by atoms with Crippen molar-refractivity contribution in [3.05, 3.63) is 0 Å². The first kappa shape index (κ1) is 9.96. The third-order valence-corrected chi connectivity index (χ3v) is 2.40. The first-order valence-corrected chi connectivity index (χ1v) is 4.60. The van der Waals surface area contributed by atoms with Crippen molar-refractivity contribution >= 4 is 0 Å². The topological polar surface area (TPSA) is 30.5 Å². The predicted molar refractivity (Wildman–Crippen MR) is 48.3 cm³/mol. The van der Waals surface area contributed by atoms with E-state index in [1.165, 1.54) is 0 Å². The van der Waals surface area contributed by atoms with Gasteiger partial charge in [0.05, 0.1) is 18.8 Å². The summed E-state index contributed by atoms with van der Waals surface area (Å²) in [7, 11) is 1.70. The van der Waals surface area contributed by atoms with Gasteiger partial charge in [0.2, 0.25) is 0 Å². The van der Waals surface area contributed by atoms with Gasteiger partial charge in [-0.3, -0.25) is 0 Å². The molecule has 3 heteroatoms. The summed E-state index contributed by atoms with van der Waals surface area (Å²) in [4.78, 5) is 0. The maximum Gasteiger partial charge on any atom is 0.0707 e. The van der Waals surface area contributed by atoms with Gasteiger partial charge < -0.3 is 14.8 Å². The van der Waals surface area contributed by atoms with Crippen molar-refractivity contribution < 1.29 is 9.47 Å². The summed E-state index contributed by atoms with van der Waals surface area (Å²) in [5.41, 5.74) is 0.0871. The Morgan fingerprint density at radius 3 is 2.50 bits per heavy atom. The predicted octanol–water partition coefficient (Wildman–Crippen LogP) is 0.792. The largest absolute Gasteiger partial charge is 0.382 e. The first-order valence-electron chi connectivity index (χ1n) is 4.60. The van der Waals surface area contributed by atoms with Crippen LogP contribution < -0.4 is 5.32 Å². The summed E-state index contributed by atoms with van der Waals surface area (Å²) in [6, 6.07) is 0. The Bertz CT molecular complexity index is 122. The van der Waals surface area contributed by atoms with Crippen LogP contribution in [0.25, 0.3) is 0 Å². The zero-order valence-corrected chi connectivity index (χ0v) is 8.06. The van der Waals surface area contributed by atoms with E-state index < -0.39 is 0 Å². The molecule has 0 bridgehead atoms. The Hall–Kier alpha value is -0.120. The van der Waals surface area contributed by atoms with Crippen molar-refractivity contribution in [2.24, 2.45) is 0 Å². The van der Waals surface area contributed by atoms with Gasteiger partial charge in [0.15, 0.2) is 0 Å². The number of rotatable bonds is 4. The number of nitrogens with one attached hydrogen (secondary N) is 1. The van der Waals surface area contributed by atoms with Crippen molar-refractivity contribution in [2.45, 2.75) is 25.4 Å². The molecule has 1 saturated heterocycles. The number of methoxy groups -OCH3 is 1. The number of ether oxygens (including phenoxy) is 2. The van der Waals surface area contributed by atoms with Crippen LogP contribution in [-0.4, -0.2) is 39.0 Å². The van der Waals surface area contributed by atoms with Crippen molar-refractivity contribution in [3.63, 3.8) is 0 Å². The average molecular weight is 173 g/mol. The van der Waals surface area contributed by atoms with Crippen molar-refractivity contribution in [1.82, 2.24) is 5.32 Å². The van der Waals surface area contributed by atoms with Crippen LogP contribution in [0.2, 0.25) is 0 Å². The second kappa shape index (κ2) is 4.80. The summed E-state index contributed by atoms with van der Waals surface area (Å²) in [5.74, 6) is 0. The van der Waals surface area contributed by atoms with Gasteiger partial charge in [0.25, 0.3) is 0 Å². The lowest BCUT2D eigenvalue weighted by Crippen LogP contribution is -2.42. The fourth-order valence-electron chi connectivity index (χ4n) is 1.47. The molecule has 0 aromatic heterocycles. The Balaban J connectivity index is 2.17. The number of hydrogen-bond acceptors (Lipinski definition) is 3. The van der Waals surface area contributed by atoms with Gasteiger partial charge in [0.1, 0.15) is 0 Å². The fourth-order valence-corrected chi connectivity index (χ4v) is 1.47. The second-order valence-electron chi connectivity index (χ2n) is 3.54. The van der Waals surface area contributed by atoms with E-state index in [2.05, 4.69) is 12.2 Å². The van der Waals surface area contributed by atoms with E-state index >= 15 is 0 Å². The zero-order valence-electron chi connectivity index (χ0n) is 8.06. The van der Waals surface area contributed by atoms with Crippen molar-refractivity contribution in [2.75, 3.05) is 33.4 Å². The van der Waals surface area contributed by atoms with Crippen LogP contribution >= 0.6 is 0 Å². The average Bonchev–Trinajstić information content (AvgIpc) is 2.06. The Labute approximate surface area is 74.4 Å². The summed E-state index contributed by atoms with van der Waals surface area (Å²) in [6.45, 7) is 5.74. The summed E-state index contributed by atoms with van der Waals surface area (Å²) >= 11 is 0. The van der Waals surface area contributed by atoms with Crippen LogP contribution in [0, 0.1) is 0 Å². The minimum absolute atomic E-state index is 0.0871. The van der Waals surface area contributed by atoms with E-state index in [9.17, 15) is 0 Å². The summed E-state index contributed by atoms with van der Waals surface area (Å²) in [5, 5.41) is 3.32. The van der Waals surface area contributed by atoms with E-state index in [0.717, 1.165) is 25.9 Å². The summed E-state index contributed by atoms with van der Waals surface area (Å²) < 4.78 is 10.7.